The van der Waals surface area contributed by atoms with Crippen molar-refractivity contribution in [2.45, 2.75) is 56.8 Å². The van der Waals surface area contributed by atoms with Gasteiger partial charge >= 0.3 is 12.2 Å². The second-order valence-electron chi connectivity index (χ2n) is 10.2. The van der Waals surface area contributed by atoms with Gasteiger partial charge in [-0.1, -0.05) is 36.4 Å². The van der Waals surface area contributed by atoms with E-state index < -0.39 is 17.8 Å². The van der Waals surface area contributed by atoms with Gasteiger partial charge in [0.25, 0.3) is 0 Å². The Morgan fingerprint density at radius 2 is 1.85 bits per heavy atom. The predicted molar refractivity (Wildman–Crippen MR) is 141 cm³/mol. The molecule has 0 bridgehead atoms. The lowest BCUT2D eigenvalue weighted by atomic mass is 10.0. The highest BCUT2D eigenvalue weighted by Gasteiger charge is 2.42. The molecule has 200 valence electrons. The zero-order valence-electron chi connectivity index (χ0n) is 21.2. The summed E-state index contributed by atoms with van der Waals surface area (Å²) in [6, 6.07) is 17.5. The smallest absolute Gasteiger partial charge is 0.450 e. The van der Waals surface area contributed by atoms with Crippen LogP contribution >= 0.6 is 0 Å². The molecule has 0 radical (unpaired) electrons. The van der Waals surface area contributed by atoms with Gasteiger partial charge in [-0.25, -0.2) is 14.6 Å². The minimum absolute atomic E-state index is 0.0607. The molecule has 1 amide bonds. The van der Waals surface area contributed by atoms with Crippen LogP contribution in [0.25, 0.3) is 33.5 Å². The molecule has 2 N–H and O–H groups in total. The molecule has 2 aliphatic carbocycles. The summed E-state index contributed by atoms with van der Waals surface area (Å²) < 4.78 is 10.9. The van der Waals surface area contributed by atoms with Gasteiger partial charge in [0.1, 0.15) is 11.7 Å². The molecule has 39 heavy (non-hydrogen) atoms. The molecule has 0 unspecified atom stereocenters. The number of nitrogens with one attached hydrogen (secondary N) is 1. The zero-order valence-corrected chi connectivity index (χ0v) is 21.2. The lowest BCUT2D eigenvalue weighted by Gasteiger charge is -2.33. The van der Waals surface area contributed by atoms with E-state index in [1.807, 2.05) is 54.6 Å². The molecule has 11 heteroatoms. The molecule has 11 nitrogen and oxygen atoms in total. The number of hydrogen-bond acceptors (Lipinski definition) is 8. The SMILES string of the molecule is O=C(O)OC1(CN(Cc2ccc3nc(-c4ccccc4-c4nn[nH]n4)ccc3c2)C(=O)OC2CC2)CCCC1. The number of carbonyl (C=O) groups is 2. The second-order valence-corrected chi connectivity index (χ2v) is 10.2. The Bertz CT molecular complexity index is 1500. The topological polar surface area (TPSA) is 143 Å². The largest absolute Gasteiger partial charge is 0.506 e. The van der Waals surface area contributed by atoms with Gasteiger partial charge in [0.15, 0.2) is 0 Å². The third-order valence-electron chi connectivity index (χ3n) is 7.26. The first-order valence-corrected chi connectivity index (χ1v) is 13.1. The number of nitrogens with zero attached hydrogens (tertiary/aromatic N) is 5. The molecule has 0 spiro atoms. The van der Waals surface area contributed by atoms with Crippen molar-refractivity contribution in [3.8, 4) is 22.6 Å². The molecule has 2 heterocycles. The number of aromatic amines is 1. The number of H-pyrrole nitrogens is 1. The van der Waals surface area contributed by atoms with Crippen LogP contribution in [0.4, 0.5) is 9.59 Å². The number of pyridine rings is 1. The van der Waals surface area contributed by atoms with Gasteiger partial charge in [-0.2, -0.15) is 5.21 Å². The van der Waals surface area contributed by atoms with E-state index in [1.54, 1.807) is 4.90 Å². The first-order chi connectivity index (χ1) is 19.0. The normalized spacial score (nSPS) is 16.2. The maximum absolute atomic E-state index is 13.1. The van der Waals surface area contributed by atoms with E-state index in [-0.39, 0.29) is 19.2 Å². The summed E-state index contributed by atoms with van der Waals surface area (Å²) in [5, 5.41) is 24.6. The summed E-state index contributed by atoms with van der Waals surface area (Å²) in [6.07, 6.45) is 2.79. The molecule has 0 aliphatic heterocycles. The van der Waals surface area contributed by atoms with Gasteiger partial charge < -0.3 is 14.6 Å². The van der Waals surface area contributed by atoms with E-state index in [0.717, 1.165) is 59.0 Å². The highest BCUT2D eigenvalue weighted by molar-refractivity contribution is 5.85. The summed E-state index contributed by atoms with van der Waals surface area (Å²) in [4.78, 5) is 31.0. The maximum atomic E-state index is 13.1. The fourth-order valence-corrected chi connectivity index (χ4v) is 5.25. The van der Waals surface area contributed by atoms with Crippen LogP contribution in [0.15, 0.2) is 54.6 Å². The molecule has 6 rings (SSSR count). The Labute approximate surface area is 224 Å². The number of amides is 1. The molecular weight excluding hydrogens is 500 g/mol. The average Bonchev–Trinajstić information content (AvgIpc) is 3.37. The minimum atomic E-state index is -1.32. The van der Waals surface area contributed by atoms with Crippen LogP contribution < -0.4 is 0 Å². The third-order valence-corrected chi connectivity index (χ3v) is 7.26. The Morgan fingerprint density at radius 3 is 2.56 bits per heavy atom. The van der Waals surface area contributed by atoms with E-state index in [2.05, 4.69) is 20.6 Å². The van der Waals surface area contributed by atoms with Crippen molar-refractivity contribution in [2.24, 2.45) is 0 Å². The van der Waals surface area contributed by atoms with Crippen LogP contribution in [0, 0.1) is 0 Å². The zero-order chi connectivity index (χ0) is 26.8. The number of ether oxygens (including phenoxy) is 2. The lowest BCUT2D eigenvalue weighted by Crippen LogP contribution is -2.46. The van der Waals surface area contributed by atoms with Gasteiger partial charge in [-0.3, -0.25) is 4.90 Å². The van der Waals surface area contributed by atoms with Gasteiger partial charge in [0.05, 0.1) is 17.8 Å². The molecule has 2 fully saturated rings. The third kappa shape index (κ3) is 5.52. The Balaban J connectivity index is 1.27. The van der Waals surface area contributed by atoms with Crippen LogP contribution in [0.1, 0.15) is 44.1 Å². The van der Waals surface area contributed by atoms with E-state index >= 15 is 0 Å². The first-order valence-electron chi connectivity index (χ1n) is 13.1. The van der Waals surface area contributed by atoms with Gasteiger partial charge in [-0.05, 0) is 67.5 Å². The van der Waals surface area contributed by atoms with Crippen LogP contribution in [-0.2, 0) is 16.0 Å². The molecule has 0 saturated heterocycles. The van der Waals surface area contributed by atoms with Gasteiger partial charge in [-0.15, -0.1) is 10.2 Å². The second kappa shape index (κ2) is 10.3. The fourth-order valence-electron chi connectivity index (χ4n) is 5.25. The molecule has 2 aromatic heterocycles. The van der Waals surface area contributed by atoms with E-state index in [4.69, 9.17) is 14.5 Å². The Hall–Kier alpha value is -4.54. The van der Waals surface area contributed by atoms with E-state index in [1.165, 1.54) is 0 Å². The standard InChI is InChI=1S/C28H28N6O5/c35-26(38-20-9-10-20)34(17-28(39-27(36)37)13-3-4-14-28)16-18-7-11-23-19(15-18)8-12-24(29-23)21-5-1-2-6-22(21)25-30-32-33-31-25/h1-2,5-8,11-12,15,20H,3-4,9-10,13-14,16-17H2,(H,36,37)(H,30,31,32,33). The number of fused-ring (bicyclic) bond motifs is 1. The predicted octanol–water partition coefficient (Wildman–Crippen LogP) is 5.19. The molecule has 4 aromatic rings. The summed E-state index contributed by atoms with van der Waals surface area (Å²) in [6.45, 7) is 0.432. The van der Waals surface area contributed by atoms with Crippen LogP contribution in [0.2, 0.25) is 0 Å². The average molecular weight is 529 g/mol. The van der Waals surface area contributed by atoms with Crippen LogP contribution in [-0.4, -0.2) is 66.1 Å². The summed E-state index contributed by atoms with van der Waals surface area (Å²) in [5.41, 5.74) is 3.27. The monoisotopic (exact) mass is 528 g/mol. The van der Waals surface area contributed by atoms with Crippen molar-refractivity contribution in [2.75, 3.05) is 6.54 Å². The summed E-state index contributed by atoms with van der Waals surface area (Å²) in [7, 11) is 0. The first kappa shape index (κ1) is 24.8. The van der Waals surface area contributed by atoms with Gasteiger partial charge in [0, 0.05) is 23.1 Å². The molecule has 2 aromatic carbocycles. The number of aromatic nitrogens is 5. The van der Waals surface area contributed by atoms with Crippen LogP contribution in [0.5, 0.6) is 0 Å². The molecular formula is C28H28N6O5. The number of hydrogen-bond donors (Lipinski definition) is 2. The van der Waals surface area contributed by atoms with E-state index in [9.17, 15) is 14.7 Å². The number of carboxylic acid groups (broad SMARTS) is 1. The highest BCUT2D eigenvalue weighted by Crippen LogP contribution is 2.36. The van der Waals surface area contributed by atoms with Crippen molar-refractivity contribution in [1.29, 1.82) is 0 Å². The lowest BCUT2D eigenvalue weighted by molar-refractivity contribution is -0.0365. The fraction of sp³-hybridized carbons (Fsp3) is 0.357. The van der Waals surface area contributed by atoms with Crippen molar-refractivity contribution >= 4 is 23.2 Å². The minimum Gasteiger partial charge on any atom is -0.450 e. The summed E-state index contributed by atoms with van der Waals surface area (Å²) >= 11 is 0. The maximum Gasteiger partial charge on any atom is 0.506 e. The van der Waals surface area contributed by atoms with Crippen LogP contribution in [0.3, 0.4) is 0 Å². The molecule has 2 saturated carbocycles. The Kier molecular flexibility index (Phi) is 6.55. The summed E-state index contributed by atoms with van der Waals surface area (Å²) in [5.74, 6) is 0.493. The van der Waals surface area contributed by atoms with E-state index in [0.29, 0.717) is 18.7 Å². The van der Waals surface area contributed by atoms with Crippen molar-refractivity contribution < 1.29 is 24.2 Å². The Morgan fingerprint density at radius 1 is 1.05 bits per heavy atom. The molecule has 2 aliphatic rings. The molecule has 0 atom stereocenters. The number of carbonyl (C=O) groups excluding carboxylic acids is 1. The van der Waals surface area contributed by atoms with Crippen molar-refractivity contribution in [3.05, 3.63) is 60.2 Å². The number of tetrazole rings is 1. The quantitative estimate of drug-likeness (QED) is 0.295. The van der Waals surface area contributed by atoms with Gasteiger partial charge in [0.2, 0.25) is 5.82 Å². The highest BCUT2D eigenvalue weighted by atomic mass is 16.7. The number of rotatable bonds is 8. The number of benzene rings is 2. The van der Waals surface area contributed by atoms with Crippen molar-refractivity contribution in [3.63, 3.8) is 0 Å². The van der Waals surface area contributed by atoms with Crippen molar-refractivity contribution in [1.82, 2.24) is 30.5 Å².